The van der Waals surface area contributed by atoms with Crippen LogP contribution in [0.3, 0.4) is 0 Å². The topological polar surface area (TPSA) is 0 Å². The predicted molar refractivity (Wildman–Crippen MR) is 49.7 cm³/mol. The van der Waals surface area contributed by atoms with Crippen molar-refractivity contribution in [2.45, 2.75) is 0 Å². The Balaban J connectivity index is 2.85. The van der Waals surface area contributed by atoms with Gasteiger partial charge in [-0.3, -0.25) is 0 Å². The van der Waals surface area contributed by atoms with Crippen LogP contribution in [0.4, 0.5) is 0 Å². The zero-order valence-electron chi connectivity index (χ0n) is 4.59. The zero-order chi connectivity index (χ0) is 6.69. The molecule has 0 radical (unpaired) electrons. The fourth-order valence-electron chi connectivity index (χ4n) is 0.541. The number of rotatable bonds is 1. The molecule has 0 unspecified atom stereocenters. The molecule has 0 atom stereocenters. The van der Waals surface area contributed by atoms with Crippen LogP contribution in [0.25, 0.3) is 0 Å². The van der Waals surface area contributed by atoms with Crippen molar-refractivity contribution in [2.24, 2.45) is 0 Å². The quantitative estimate of drug-likeness (QED) is 0.581. The first-order valence-electron chi connectivity index (χ1n) is 2.47. The Kier molecular flexibility index (Phi) is 3.67. The summed E-state index contributed by atoms with van der Waals surface area (Å²) in [6.45, 7) is 0. The molecular weight excluding hydrogens is 441 g/mol. The van der Waals surface area contributed by atoms with Gasteiger partial charge in [0, 0.05) is 0 Å². The van der Waals surface area contributed by atoms with Crippen molar-refractivity contribution < 1.29 is 0 Å². The van der Waals surface area contributed by atoms with E-state index in [4.69, 9.17) is 0 Å². The molecule has 0 nitrogen and oxygen atoms in total. The van der Waals surface area contributed by atoms with Gasteiger partial charge in [0.25, 0.3) is 0 Å². The van der Waals surface area contributed by atoms with Crippen molar-refractivity contribution in [1.82, 2.24) is 0 Å². The molecule has 46 valence electrons. The minimum atomic E-state index is -1.46. The van der Waals surface area contributed by atoms with Crippen LogP contribution >= 0.6 is 24.4 Å². The molecule has 0 aliphatic rings. The Bertz CT molecular complexity index is 174. The summed E-state index contributed by atoms with van der Waals surface area (Å²) in [5.41, 5.74) is 0. The zero-order valence-corrected chi connectivity index (χ0v) is 11.2. The van der Waals surface area contributed by atoms with E-state index in [-0.39, 0.29) is 0 Å². The van der Waals surface area contributed by atoms with Crippen LogP contribution < -0.4 is 3.27 Å². The first-order chi connectivity index (χ1) is 4.30. The van der Waals surface area contributed by atoms with Crippen LogP contribution in [0.2, 0.25) is 0 Å². The van der Waals surface area contributed by atoms with Gasteiger partial charge in [-0.15, -0.1) is 0 Å². The Hall–Kier alpha value is 1.06. The van der Waals surface area contributed by atoms with Gasteiger partial charge >= 0.3 is 75.1 Å². The Morgan fingerprint density at radius 2 is 1.56 bits per heavy atom. The number of benzene rings is 1. The van der Waals surface area contributed by atoms with Gasteiger partial charge in [-0.2, -0.15) is 0 Å². The van der Waals surface area contributed by atoms with Crippen molar-refractivity contribution >= 4 is 44.8 Å². The van der Waals surface area contributed by atoms with Gasteiger partial charge in [-0.05, 0) is 0 Å². The maximum atomic E-state index is 3.60. The van der Waals surface area contributed by atoms with Crippen LogP contribution in [0.5, 0.6) is 0 Å². The molecular formula is C6H5BiBr2+2. The number of halogens is 2. The summed E-state index contributed by atoms with van der Waals surface area (Å²) >= 11 is 5.75. The van der Waals surface area contributed by atoms with Gasteiger partial charge in [0.2, 0.25) is 0 Å². The number of hydrogen-bond donors (Lipinski definition) is 0. The molecule has 0 N–H and O–H groups in total. The van der Waals surface area contributed by atoms with Crippen LogP contribution in [-0.2, 0) is 0 Å². The van der Waals surface area contributed by atoms with Crippen molar-refractivity contribution in [1.29, 1.82) is 0 Å². The number of hydrogen-bond acceptors (Lipinski definition) is 0. The van der Waals surface area contributed by atoms with Gasteiger partial charge in [-0.1, -0.05) is 0 Å². The fourth-order valence-corrected chi connectivity index (χ4v) is 6.24. The van der Waals surface area contributed by atoms with Crippen LogP contribution in [-0.4, -0.2) is 17.1 Å². The van der Waals surface area contributed by atoms with Crippen molar-refractivity contribution in [3.05, 3.63) is 30.3 Å². The molecule has 1 aromatic rings. The molecule has 0 aliphatic carbocycles. The minimum absolute atomic E-state index is 1.45. The van der Waals surface area contributed by atoms with E-state index in [9.17, 15) is 0 Å². The molecule has 0 saturated heterocycles. The van der Waals surface area contributed by atoms with Gasteiger partial charge in [0.15, 0.2) is 0 Å². The molecule has 0 bridgehead atoms. The molecule has 0 saturated carbocycles. The molecule has 0 aliphatic heterocycles. The molecule has 3 heteroatoms. The van der Waals surface area contributed by atoms with Crippen molar-refractivity contribution in [2.75, 3.05) is 0 Å². The molecule has 0 fully saturated rings. The van der Waals surface area contributed by atoms with Gasteiger partial charge < -0.3 is 0 Å². The Morgan fingerprint density at radius 3 is 1.89 bits per heavy atom. The van der Waals surface area contributed by atoms with Crippen LogP contribution in [0, 0.1) is 0 Å². The molecule has 0 spiro atoms. The molecule has 0 heterocycles. The second-order valence-electron chi connectivity index (χ2n) is 1.57. The Morgan fingerprint density at radius 1 is 1.00 bits per heavy atom. The first kappa shape index (κ1) is 8.16. The molecule has 1 rings (SSSR count). The monoisotopic (exact) mass is 444 g/mol. The third-order valence-electron chi connectivity index (χ3n) is 0.951. The predicted octanol–water partition coefficient (Wildman–Crippen LogP) is 2.17. The van der Waals surface area contributed by atoms with E-state index >= 15 is 0 Å². The Labute approximate surface area is 74.2 Å². The van der Waals surface area contributed by atoms with E-state index in [0.29, 0.717) is 0 Å². The standard InChI is InChI=1S/C6H5.Bi.2BrH/c1-2-4-6-5-3-1;;;/h1-5H;;2*1H/q;+4;;/p-2. The van der Waals surface area contributed by atoms with Crippen LogP contribution in [0.15, 0.2) is 30.3 Å². The molecule has 1 aromatic carbocycles. The summed E-state index contributed by atoms with van der Waals surface area (Å²) in [6.07, 6.45) is 0. The van der Waals surface area contributed by atoms with Crippen LogP contribution in [0.1, 0.15) is 0 Å². The first-order valence-corrected chi connectivity index (χ1v) is 19.3. The third-order valence-corrected chi connectivity index (χ3v) is 10.8. The average molecular weight is 446 g/mol. The summed E-state index contributed by atoms with van der Waals surface area (Å²) in [6, 6.07) is 10.5. The second-order valence-corrected chi connectivity index (χ2v) is 26.2. The van der Waals surface area contributed by atoms with Gasteiger partial charge in [-0.25, -0.2) is 0 Å². The normalized spacial score (nSPS) is 9.11. The average Bonchev–Trinajstić information content (AvgIpc) is 1.90. The summed E-state index contributed by atoms with van der Waals surface area (Å²) in [4.78, 5) is 0. The summed E-state index contributed by atoms with van der Waals surface area (Å²) < 4.78 is 1.45. The van der Waals surface area contributed by atoms with E-state index in [0.717, 1.165) is 0 Å². The van der Waals surface area contributed by atoms with E-state index in [2.05, 4.69) is 48.7 Å². The summed E-state index contributed by atoms with van der Waals surface area (Å²) in [7, 11) is 0. The second kappa shape index (κ2) is 4.05. The fraction of sp³-hybridized carbons (Fsp3) is 0. The van der Waals surface area contributed by atoms with Gasteiger partial charge in [0.1, 0.15) is 0 Å². The van der Waals surface area contributed by atoms with Crippen molar-refractivity contribution in [3.8, 4) is 0 Å². The van der Waals surface area contributed by atoms with E-state index < -0.39 is 17.1 Å². The van der Waals surface area contributed by atoms with E-state index in [1.807, 2.05) is 6.07 Å². The van der Waals surface area contributed by atoms with E-state index in [1.165, 1.54) is 3.27 Å². The summed E-state index contributed by atoms with van der Waals surface area (Å²) in [5, 5.41) is 0. The molecule has 9 heavy (non-hydrogen) atoms. The maximum absolute atomic E-state index is 3.60. The molecule has 0 amide bonds. The van der Waals surface area contributed by atoms with E-state index in [1.54, 1.807) is 0 Å². The summed E-state index contributed by atoms with van der Waals surface area (Å²) in [5.74, 6) is 0. The van der Waals surface area contributed by atoms with Crippen molar-refractivity contribution in [3.63, 3.8) is 0 Å². The van der Waals surface area contributed by atoms with Gasteiger partial charge in [0.05, 0.1) is 0 Å². The molecule has 0 aromatic heterocycles. The third kappa shape index (κ3) is 2.65. The SMILES string of the molecule is [Br][Bi+2]([Br])[c]1ccccc1.